The number of hydrogen-bond acceptors (Lipinski definition) is 6. The molecule has 0 radical (unpaired) electrons. The molecule has 8 heteroatoms. The molecule has 0 atom stereocenters. The van der Waals surface area contributed by atoms with Gasteiger partial charge in [-0.2, -0.15) is 0 Å². The van der Waals surface area contributed by atoms with Gasteiger partial charge < -0.3 is 5.32 Å². The molecule has 1 amide bonds. The smallest absolute Gasteiger partial charge is 0.236 e. The minimum atomic E-state index is -0.118. The van der Waals surface area contributed by atoms with Gasteiger partial charge in [0, 0.05) is 5.69 Å². The van der Waals surface area contributed by atoms with E-state index >= 15 is 0 Å². The summed E-state index contributed by atoms with van der Waals surface area (Å²) in [5.74, 6) is 0.119. The van der Waals surface area contributed by atoms with Crippen LogP contribution in [-0.4, -0.2) is 31.4 Å². The van der Waals surface area contributed by atoms with E-state index in [0.717, 1.165) is 15.9 Å². The van der Waals surface area contributed by atoms with Crippen LogP contribution < -0.4 is 5.32 Å². The predicted molar refractivity (Wildman–Crippen MR) is 105 cm³/mol. The lowest BCUT2D eigenvalue weighted by Gasteiger charge is -2.06. The second-order valence-corrected chi connectivity index (χ2v) is 7.62. The van der Waals surface area contributed by atoms with Crippen LogP contribution in [0, 0.1) is 6.92 Å². The summed E-state index contributed by atoms with van der Waals surface area (Å²) in [5.41, 5.74) is 3.04. The fraction of sp³-hybridized carbons (Fsp3) is 0.111. The third-order valence-corrected chi connectivity index (χ3v) is 5.60. The first-order chi connectivity index (χ1) is 12.7. The van der Waals surface area contributed by atoms with Gasteiger partial charge in [-0.3, -0.25) is 9.36 Å². The topological polar surface area (TPSA) is 72.7 Å². The number of carbonyl (C=O) groups is 1. The van der Waals surface area contributed by atoms with E-state index in [0.29, 0.717) is 10.3 Å². The van der Waals surface area contributed by atoms with Crippen LogP contribution in [0.25, 0.3) is 15.9 Å². The van der Waals surface area contributed by atoms with E-state index in [1.165, 1.54) is 28.7 Å². The zero-order chi connectivity index (χ0) is 17.9. The summed E-state index contributed by atoms with van der Waals surface area (Å²) in [4.78, 5) is 16.7. The van der Waals surface area contributed by atoms with Gasteiger partial charge >= 0.3 is 0 Å². The molecule has 0 aliphatic carbocycles. The summed E-state index contributed by atoms with van der Waals surface area (Å²) in [6, 6.07) is 15.9. The van der Waals surface area contributed by atoms with Crippen LogP contribution in [0.3, 0.4) is 0 Å². The number of anilines is 1. The Kier molecular flexibility index (Phi) is 4.68. The molecule has 2 heterocycles. The van der Waals surface area contributed by atoms with Crippen molar-refractivity contribution in [2.45, 2.75) is 12.1 Å². The summed E-state index contributed by atoms with van der Waals surface area (Å²) in [6.07, 6.45) is 1.65. The van der Waals surface area contributed by atoms with Crippen molar-refractivity contribution in [1.82, 2.24) is 19.7 Å². The average Bonchev–Trinajstić information content (AvgIpc) is 3.26. The number of aromatic nitrogens is 4. The Balaban J connectivity index is 1.42. The van der Waals surface area contributed by atoms with Crippen molar-refractivity contribution < 1.29 is 4.79 Å². The van der Waals surface area contributed by atoms with Crippen molar-refractivity contribution in [3.8, 4) is 5.69 Å². The van der Waals surface area contributed by atoms with Gasteiger partial charge in [0.25, 0.3) is 0 Å². The van der Waals surface area contributed by atoms with Crippen molar-refractivity contribution in [2.24, 2.45) is 0 Å². The molecule has 0 fully saturated rings. The molecule has 0 aliphatic rings. The van der Waals surface area contributed by atoms with Gasteiger partial charge in [0.1, 0.15) is 6.33 Å². The average molecular weight is 381 g/mol. The molecule has 0 aliphatic heterocycles. The number of benzene rings is 2. The number of thiazole rings is 1. The molecule has 0 spiro atoms. The van der Waals surface area contributed by atoms with Crippen molar-refractivity contribution in [1.29, 1.82) is 0 Å². The molecule has 0 saturated heterocycles. The highest BCUT2D eigenvalue weighted by Gasteiger charge is 2.12. The molecule has 1 N–H and O–H groups in total. The third kappa shape index (κ3) is 3.61. The minimum Gasteiger partial charge on any atom is -0.301 e. The van der Waals surface area contributed by atoms with Crippen LogP contribution in [-0.2, 0) is 4.79 Å². The van der Waals surface area contributed by atoms with Crippen LogP contribution in [0.2, 0.25) is 0 Å². The van der Waals surface area contributed by atoms with Gasteiger partial charge in [0.2, 0.25) is 5.91 Å². The van der Waals surface area contributed by atoms with Gasteiger partial charge in [0.05, 0.1) is 16.0 Å². The van der Waals surface area contributed by atoms with E-state index in [-0.39, 0.29) is 11.7 Å². The second kappa shape index (κ2) is 7.27. The molecule has 26 heavy (non-hydrogen) atoms. The molecule has 4 rings (SSSR count). The third-order valence-electron chi connectivity index (χ3n) is 3.70. The summed E-state index contributed by atoms with van der Waals surface area (Å²) in [7, 11) is 0. The zero-order valence-corrected chi connectivity index (χ0v) is 15.5. The number of nitrogens with zero attached hydrogens (tertiary/aromatic N) is 4. The largest absolute Gasteiger partial charge is 0.301 e. The quantitative estimate of drug-likeness (QED) is 0.531. The number of rotatable bonds is 5. The molecule has 0 saturated carbocycles. The normalized spacial score (nSPS) is 11.0. The molecule has 0 bridgehead atoms. The van der Waals surface area contributed by atoms with Crippen molar-refractivity contribution in [3.63, 3.8) is 0 Å². The van der Waals surface area contributed by atoms with E-state index < -0.39 is 0 Å². The summed E-state index contributed by atoms with van der Waals surface area (Å²) >= 11 is 2.81. The van der Waals surface area contributed by atoms with E-state index in [1.807, 2.05) is 60.0 Å². The van der Waals surface area contributed by atoms with Crippen LogP contribution >= 0.6 is 23.1 Å². The van der Waals surface area contributed by atoms with Crippen LogP contribution in [0.4, 0.5) is 5.13 Å². The zero-order valence-electron chi connectivity index (χ0n) is 13.9. The number of amides is 1. The maximum absolute atomic E-state index is 12.3. The fourth-order valence-electron chi connectivity index (χ4n) is 2.42. The number of fused-ring (bicyclic) bond motifs is 1. The monoisotopic (exact) mass is 381 g/mol. The predicted octanol–water partition coefficient (Wildman–Crippen LogP) is 3.92. The summed E-state index contributed by atoms with van der Waals surface area (Å²) in [6.45, 7) is 2.04. The van der Waals surface area contributed by atoms with Gasteiger partial charge in [-0.1, -0.05) is 52.9 Å². The number of carbonyl (C=O) groups excluding carboxylic acids is 1. The molecule has 2 aromatic heterocycles. The van der Waals surface area contributed by atoms with Crippen LogP contribution in [0.5, 0.6) is 0 Å². The molecule has 2 aromatic carbocycles. The first kappa shape index (κ1) is 16.7. The number of thioether (sulfide) groups is 1. The lowest BCUT2D eigenvalue weighted by Crippen LogP contribution is -2.14. The van der Waals surface area contributed by atoms with Crippen LogP contribution in [0.15, 0.2) is 60.0 Å². The first-order valence-corrected chi connectivity index (χ1v) is 9.74. The molecule has 130 valence electrons. The molecular weight excluding hydrogens is 366 g/mol. The van der Waals surface area contributed by atoms with Crippen molar-refractivity contribution in [2.75, 3.05) is 11.1 Å². The summed E-state index contributed by atoms with van der Waals surface area (Å²) in [5, 5.41) is 12.2. The maximum atomic E-state index is 12.3. The van der Waals surface area contributed by atoms with Gasteiger partial charge in [0.15, 0.2) is 10.3 Å². The molecular formula is C18H15N5OS2. The van der Waals surface area contributed by atoms with E-state index in [4.69, 9.17) is 0 Å². The minimum absolute atomic E-state index is 0.118. The summed E-state index contributed by atoms with van der Waals surface area (Å²) < 4.78 is 2.92. The molecule has 4 aromatic rings. The Morgan fingerprint density at radius 2 is 2.00 bits per heavy atom. The number of para-hydroxylation sites is 1. The fourth-order valence-corrected chi connectivity index (χ4v) is 4.03. The SMILES string of the molecule is Cc1ccc(-n2cnnc2SCC(=O)Nc2nc3ccccc3s2)cc1. The van der Waals surface area contributed by atoms with Gasteiger partial charge in [-0.25, -0.2) is 4.98 Å². The Labute approximate surface area is 158 Å². The van der Waals surface area contributed by atoms with Crippen molar-refractivity contribution in [3.05, 3.63) is 60.4 Å². The van der Waals surface area contributed by atoms with E-state index in [2.05, 4.69) is 20.5 Å². The first-order valence-electron chi connectivity index (χ1n) is 7.94. The Morgan fingerprint density at radius 1 is 1.19 bits per heavy atom. The molecule has 0 unspecified atom stereocenters. The Bertz CT molecular complexity index is 1020. The number of nitrogens with one attached hydrogen (secondary N) is 1. The Morgan fingerprint density at radius 3 is 2.81 bits per heavy atom. The highest BCUT2D eigenvalue weighted by molar-refractivity contribution is 7.99. The van der Waals surface area contributed by atoms with Crippen LogP contribution in [0.1, 0.15) is 5.56 Å². The van der Waals surface area contributed by atoms with E-state index in [1.54, 1.807) is 6.33 Å². The van der Waals surface area contributed by atoms with Gasteiger partial charge in [-0.05, 0) is 31.2 Å². The number of hydrogen-bond donors (Lipinski definition) is 1. The number of aryl methyl sites for hydroxylation is 1. The highest BCUT2D eigenvalue weighted by atomic mass is 32.2. The maximum Gasteiger partial charge on any atom is 0.236 e. The van der Waals surface area contributed by atoms with E-state index in [9.17, 15) is 4.79 Å². The van der Waals surface area contributed by atoms with Gasteiger partial charge in [-0.15, -0.1) is 10.2 Å². The standard InChI is InChI=1S/C18H15N5OS2/c1-12-6-8-13(9-7-12)23-11-19-22-18(23)25-10-16(24)21-17-20-14-4-2-3-5-15(14)26-17/h2-9,11H,10H2,1H3,(H,20,21,24). The second-order valence-electron chi connectivity index (χ2n) is 5.64. The highest BCUT2D eigenvalue weighted by Crippen LogP contribution is 2.26. The Hall–Kier alpha value is -2.71. The lowest BCUT2D eigenvalue weighted by molar-refractivity contribution is -0.113. The lowest BCUT2D eigenvalue weighted by atomic mass is 10.2. The van der Waals surface area contributed by atoms with Crippen molar-refractivity contribution >= 4 is 44.4 Å². The molecule has 6 nitrogen and oxygen atoms in total.